The second-order valence-corrected chi connectivity index (χ2v) is 10.7. The Balaban J connectivity index is 1.32. The lowest BCUT2D eigenvalue weighted by atomic mass is 9.84. The molecule has 3 aliphatic heterocycles. The smallest absolute Gasteiger partial charge is 0.416 e. The summed E-state index contributed by atoms with van der Waals surface area (Å²) in [6.45, 7) is -0.248. The van der Waals surface area contributed by atoms with Crippen LogP contribution in [0, 0.1) is 5.92 Å². The van der Waals surface area contributed by atoms with Crippen molar-refractivity contribution in [1.29, 1.82) is 0 Å². The third kappa shape index (κ3) is 6.18. The van der Waals surface area contributed by atoms with E-state index in [1.807, 2.05) is 0 Å². The first-order valence-corrected chi connectivity index (χ1v) is 13.1. The molecule has 2 unspecified atom stereocenters. The van der Waals surface area contributed by atoms with Crippen LogP contribution in [0.25, 0.3) is 0 Å². The number of rotatable bonds is 9. The van der Waals surface area contributed by atoms with E-state index in [1.54, 1.807) is 12.1 Å². The van der Waals surface area contributed by atoms with E-state index < -0.39 is 29.8 Å². The monoisotopic (exact) mass is 551 g/mol. The van der Waals surface area contributed by atoms with E-state index in [0.29, 0.717) is 29.9 Å². The van der Waals surface area contributed by atoms with Crippen LogP contribution in [0.5, 0.6) is 5.75 Å². The number of nitrogens with zero attached hydrogens (tertiary/aromatic N) is 1. The summed E-state index contributed by atoms with van der Waals surface area (Å²) in [4.78, 5) is 29.3. The number of nitrogens with one attached hydrogen (secondary N) is 2. The fourth-order valence-electron chi connectivity index (χ4n) is 5.71. The minimum Gasteiger partial charge on any atom is -0.435 e. The highest BCUT2D eigenvalue weighted by molar-refractivity contribution is 5.95. The highest BCUT2D eigenvalue weighted by Crippen LogP contribution is 2.49. The van der Waals surface area contributed by atoms with Gasteiger partial charge < -0.3 is 20.3 Å². The molecule has 3 saturated heterocycles. The molecule has 1 saturated carbocycles. The number of amides is 2. The van der Waals surface area contributed by atoms with Gasteiger partial charge in [-0.05, 0) is 80.1 Å². The first-order chi connectivity index (χ1) is 18.5. The topological polar surface area (TPSA) is 70.7 Å². The van der Waals surface area contributed by atoms with Crippen LogP contribution >= 0.6 is 0 Å². The van der Waals surface area contributed by atoms with Crippen LogP contribution in [0.15, 0.2) is 48.5 Å². The third-order valence-corrected chi connectivity index (χ3v) is 8.14. The molecule has 2 aromatic rings. The minimum atomic E-state index is -4.48. The lowest BCUT2D eigenvalue weighted by Crippen LogP contribution is -2.60. The summed E-state index contributed by atoms with van der Waals surface area (Å²) in [6, 6.07) is 9.37. The van der Waals surface area contributed by atoms with Crippen LogP contribution in [-0.4, -0.2) is 55.0 Å². The lowest BCUT2D eigenvalue weighted by molar-refractivity contribution is -0.137. The lowest BCUT2D eigenvalue weighted by Gasteiger charge is -2.45. The molecule has 0 aromatic heterocycles. The van der Waals surface area contributed by atoms with Gasteiger partial charge in [0.15, 0.2) is 0 Å². The normalized spacial score (nSPS) is 24.2. The Morgan fingerprint density at radius 3 is 2.15 bits per heavy atom. The standard InChI is InChI=1S/C28H30F5N3O3/c29-26(30)39-21-7-5-19(6-8-21)27(11-12-27)25(38)35-22(15-17-1-3-20(4-2-17)28(31,32)33)24(37)34-23-16-36-13-9-18(23)10-14-36/h1-8,18,22-23,26H,9-16H2,(H,34,37)(H,35,38). The van der Waals surface area contributed by atoms with E-state index >= 15 is 0 Å². The van der Waals surface area contributed by atoms with Crippen LogP contribution in [0.4, 0.5) is 22.0 Å². The summed E-state index contributed by atoms with van der Waals surface area (Å²) in [5.74, 6) is -0.434. The molecule has 210 valence electrons. The molecule has 6 nitrogen and oxygen atoms in total. The van der Waals surface area contributed by atoms with Crippen LogP contribution in [0.1, 0.15) is 42.4 Å². The van der Waals surface area contributed by atoms with Gasteiger partial charge in [0, 0.05) is 19.0 Å². The van der Waals surface area contributed by atoms with Crippen molar-refractivity contribution >= 4 is 11.8 Å². The molecule has 2 bridgehead atoms. The molecule has 1 aliphatic carbocycles. The predicted molar refractivity (Wildman–Crippen MR) is 132 cm³/mol. The first kappa shape index (κ1) is 27.4. The molecule has 2 amide bonds. The van der Waals surface area contributed by atoms with Crippen molar-refractivity contribution in [1.82, 2.24) is 15.5 Å². The summed E-state index contributed by atoms with van der Waals surface area (Å²) in [5.41, 5.74) is -0.597. The van der Waals surface area contributed by atoms with Crippen molar-refractivity contribution in [2.75, 3.05) is 19.6 Å². The van der Waals surface area contributed by atoms with Crippen molar-refractivity contribution in [2.24, 2.45) is 5.92 Å². The van der Waals surface area contributed by atoms with Crippen molar-refractivity contribution in [3.05, 3.63) is 65.2 Å². The number of piperidine rings is 3. The maximum absolute atomic E-state index is 13.5. The van der Waals surface area contributed by atoms with Gasteiger partial charge in [-0.1, -0.05) is 24.3 Å². The minimum absolute atomic E-state index is 0.0219. The van der Waals surface area contributed by atoms with Crippen LogP contribution in [-0.2, 0) is 27.6 Å². The number of fused-ring (bicyclic) bond motifs is 3. The van der Waals surface area contributed by atoms with Gasteiger partial charge in [-0.25, -0.2) is 0 Å². The van der Waals surface area contributed by atoms with E-state index in [-0.39, 0.29) is 30.0 Å². The van der Waals surface area contributed by atoms with Crippen LogP contribution in [0.2, 0.25) is 0 Å². The number of carbonyl (C=O) groups is 2. The summed E-state index contributed by atoms with van der Waals surface area (Å²) in [5, 5.41) is 5.94. The van der Waals surface area contributed by atoms with Crippen LogP contribution < -0.4 is 15.4 Å². The largest absolute Gasteiger partial charge is 0.435 e. The molecule has 0 radical (unpaired) electrons. The molecule has 2 aromatic carbocycles. The Kier molecular flexibility index (Phi) is 7.54. The van der Waals surface area contributed by atoms with Crippen molar-refractivity contribution in [3.8, 4) is 5.75 Å². The van der Waals surface area contributed by atoms with Crippen molar-refractivity contribution in [2.45, 2.75) is 62.4 Å². The molecular weight excluding hydrogens is 521 g/mol. The zero-order valence-corrected chi connectivity index (χ0v) is 21.1. The quantitative estimate of drug-likeness (QED) is 0.457. The number of benzene rings is 2. The van der Waals surface area contributed by atoms with Gasteiger partial charge in [0.25, 0.3) is 0 Å². The maximum atomic E-state index is 13.5. The molecule has 39 heavy (non-hydrogen) atoms. The molecule has 2 atom stereocenters. The molecule has 0 spiro atoms. The second kappa shape index (κ2) is 10.7. The maximum Gasteiger partial charge on any atom is 0.416 e. The Labute approximate surface area is 222 Å². The van der Waals surface area contributed by atoms with Gasteiger partial charge >= 0.3 is 12.8 Å². The second-order valence-electron chi connectivity index (χ2n) is 10.7. The Hall–Kier alpha value is -3.21. The van der Waals surface area contributed by atoms with E-state index in [1.165, 1.54) is 24.3 Å². The average molecular weight is 552 g/mol. The number of halogens is 5. The van der Waals surface area contributed by atoms with Gasteiger partial charge in [-0.3, -0.25) is 9.59 Å². The summed E-state index contributed by atoms with van der Waals surface area (Å²) in [7, 11) is 0. The molecular formula is C28H30F5N3O3. The molecule has 4 aliphatic rings. The number of ether oxygens (including phenoxy) is 1. The predicted octanol–water partition coefficient (Wildman–Crippen LogP) is 4.28. The van der Waals surface area contributed by atoms with E-state index in [0.717, 1.165) is 44.6 Å². The molecule has 6 rings (SSSR count). The highest BCUT2D eigenvalue weighted by Gasteiger charge is 2.52. The average Bonchev–Trinajstić information content (AvgIpc) is 3.71. The van der Waals surface area contributed by atoms with E-state index in [2.05, 4.69) is 20.3 Å². The van der Waals surface area contributed by atoms with Gasteiger partial charge in [0.05, 0.1) is 11.0 Å². The summed E-state index contributed by atoms with van der Waals surface area (Å²) in [6.07, 6.45) is -1.46. The van der Waals surface area contributed by atoms with Gasteiger partial charge in [-0.15, -0.1) is 0 Å². The fraction of sp³-hybridized carbons (Fsp3) is 0.500. The molecule has 11 heteroatoms. The number of alkyl halides is 5. The summed E-state index contributed by atoms with van der Waals surface area (Å²) >= 11 is 0. The van der Waals surface area contributed by atoms with Crippen LogP contribution in [0.3, 0.4) is 0 Å². The van der Waals surface area contributed by atoms with Gasteiger partial charge in [0.1, 0.15) is 11.8 Å². The molecule has 2 N–H and O–H groups in total. The first-order valence-electron chi connectivity index (χ1n) is 13.1. The molecule has 3 heterocycles. The van der Waals surface area contributed by atoms with Crippen molar-refractivity contribution in [3.63, 3.8) is 0 Å². The molecule has 4 fully saturated rings. The van der Waals surface area contributed by atoms with Gasteiger partial charge in [0.2, 0.25) is 11.8 Å². The van der Waals surface area contributed by atoms with Crippen molar-refractivity contribution < 1.29 is 36.3 Å². The summed E-state index contributed by atoms with van der Waals surface area (Å²) < 4.78 is 68.5. The number of hydrogen-bond acceptors (Lipinski definition) is 4. The fourth-order valence-corrected chi connectivity index (χ4v) is 5.71. The zero-order valence-electron chi connectivity index (χ0n) is 21.1. The SMILES string of the molecule is O=C(NC1CN2CCC1CC2)C(Cc1ccc(C(F)(F)F)cc1)NC(=O)C1(c2ccc(OC(F)F)cc2)CC1. The number of hydrogen-bond donors (Lipinski definition) is 2. The number of carbonyl (C=O) groups excluding carboxylic acids is 2. The Morgan fingerprint density at radius 1 is 1.00 bits per heavy atom. The Bertz CT molecular complexity index is 1170. The van der Waals surface area contributed by atoms with Gasteiger partial charge in [-0.2, -0.15) is 22.0 Å². The van der Waals surface area contributed by atoms with E-state index in [9.17, 15) is 31.5 Å². The Morgan fingerprint density at radius 2 is 1.64 bits per heavy atom. The van der Waals surface area contributed by atoms with E-state index in [4.69, 9.17) is 0 Å². The zero-order chi connectivity index (χ0) is 27.8. The third-order valence-electron chi connectivity index (χ3n) is 8.14. The highest BCUT2D eigenvalue weighted by atomic mass is 19.4.